The maximum absolute atomic E-state index is 11.9. The predicted octanol–water partition coefficient (Wildman–Crippen LogP) is 4.16. The summed E-state index contributed by atoms with van der Waals surface area (Å²) in [5.74, 6) is 0.702. The van der Waals surface area contributed by atoms with Crippen LogP contribution in [0.3, 0.4) is 0 Å². The fourth-order valence-electron chi connectivity index (χ4n) is 1.15. The molecule has 0 atom stereocenters. The molecule has 0 bridgehead atoms. The molecule has 2 aromatic rings. The summed E-state index contributed by atoms with van der Waals surface area (Å²) in [5.41, 5.74) is 1.11. The standard InChI is InChI=1S/C9H10O.C6H5F/c1-3-8-4-6-9(10-2)7-5-8;7-6-4-2-1-3-5-6/h3-7H,1H2,2H3;1-5H. The maximum atomic E-state index is 11.9. The second-order valence-electron chi connectivity index (χ2n) is 3.27. The van der Waals surface area contributed by atoms with Gasteiger partial charge >= 0.3 is 0 Å². The fraction of sp³-hybridized carbons (Fsp3) is 0.0667. The molecular formula is C15H15FO. The van der Waals surface area contributed by atoms with Gasteiger partial charge in [0, 0.05) is 0 Å². The van der Waals surface area contributed by atoms with Crippen molar-refractivity contribution in [1.29, 1.82) is 0 Å². The highest BCUT2D eigenvalue weighted by Gasteiger charge is 1.87. The minimum absolute atomic E-state index is 0.178. The van der Waals surface area contributed by atoms with Gasteiger partial charge in [-0.25, -0.2) is 4.39 Å². The van der Waals surface area contributed by atoms with Crippen molar-refractivity contribution in [1.82, 2.24) is 0 Å². The van der Waals surface area contributed by atoms with Gasteiger partial charge in [0.2, 0.25) is 0 Å². The van der Waals surface area contributed by atoms with Crippen LogP contribution in [0.25, 0.3) is 6.08 Å². The third-order valence-corrected chi connectivity index (χ3v) is 2.08. The van der Waals surface area contributed by atoms with Crippen LogP contribution in [0.15, 0.2) is 61.2 Å². The number of hydrogen-bond donors (Lipinski definition) is 0. The fourth-order valence-corrected chi connectivity index (χ4v) is 1.15. The first-order chi connectivity index (χ1) is 8.26. The topological polar surface area (TPSA) is 9.23 Å². The van der Waals surface area contributed by atoms with Crippen LogP contribution in [-0.4, -0.2) is 7.11 Å². The van der Waals surface area contributed by atoms with Crippen molar-refractivity contribution in [2.45, 2.75) is 0 Å². The lowest BCUT2D eigenvalue weighted by Crippen LogP contribution is -1.80. The Kier molecular flexibility index (Phi) is 5.52. The molecule has 1 nitrogen and oxygen atoms in total. The molecule has 17 heavy (non-hydrogen) atoms. The van der Waals surface area contributed by atoms with Gasteiger partial charge in [0.25, 0.3) is 0 Å². The van der Waals surface area contributed by atoms with Crippen molar-refractivity contribution in [2.75, 3.05) is 7.11 Å². The molecule has 2 aromatic carbocycles. The molecule has 88 valence electrons. The Bertz CT molecular complexity index is 434. The molecule has 0 fully saturated rings. The van der Waals surface area contributed by atoms with E-state index in [0.717, 1.165) is 11.3 Å². The van der Waals surface area contributed by atoms with E-state index in [0.29, 0.717) is 0 Å². The van der Waals surface area contributed by atoms with E-state index in [1.807, 2.05) is 24.3 Å². The molecule has 0 amide bonds. The second-order valence-corrected chi connectivity index (χ2v) is 3.27. The van der Waals surface area contributed by atoms with Gasteiger partial charge in [0.15, 0.2) is 0 Å². The highest BCUT2D eigenvalue weighted by Crippen LogP contribution is 2.11. The quantitative estimate of drug-likeness (QED) is 0.752. The third kappa shape index (κ3) is 4.98. The molecule has 0 saturated heterocycles. The van der Waals surface area contributed by atoms with Gasteiger partial charge in [-0.05, 0) is 29.8 Å². The summed E-state index contributed by atoms with van der Waals surface area (Å²) in [5, 5.41) is 0. The lowest BCUT2D eigenvalue weighted by Gasteiger charge is -1.97. The molecule has 2 heteroatoms. The lowest BCUT2D eigenvalue weighted by atomic mass is 10.2. The van der Waals surface area contributed by atoms with Crippen LogP contribution in [0.5, 0.6) is 5.75 Å². The van der Waals surface area contributed by atoms with Gasteiger partial charge in [-0.2, -0.15) is 0 Å². The molecule has 0 N–H and O–H groups in total. The molecule has 0 unspecified atom stereocenters. The summed E-state index contributed by atoms with van der Waals surface area (Å²) in [6.45, 7) is 3.65. The number of rotatable bonds is 2. The summed E-state index contributed by atoms with van der Waals surface area (Å²) in [4.78, 5) is 0. The monoisotopic (exact) mass is 230 g/mol. The van der Waals surface area contributed by atoms with Crippen LogP contribution in [-0.2, 0) is 0 Å². The minimum atomic E-state index is -0.178. The number of benzene rings is 2. The summed E-state index contributed by atoms with van der Waals surface area (Å²) in [7, 11) is 1.66. The first-order valence-electron chi connectivity index (χ1n) is 5.23. The van der Waals surface area contributed by atoms with Gasteiger partial charge in [-0.1, -0.05) is 43.0 Å². The number of methoxy groups -OCH3 is 1. The highest BCUT2D eigenvalue weighted by atomic mass is 19.1. The van der Waals surface area contributed by atoms with E-state index in [2.05, 4.69) is 6.58 Å². The van der Waals surface area contributed by atoms with E-state index >= 15 is 0 Å². The van der Waals surface area contributed by atoms with E-state index in [1.165, 1.54) is 12.1 Å². The van der Waals surface area contributed by atoms with Crippen molar-refractivity contribution in [3.05, 3.63) is 72.6 Å². The van der Waals surface area contributed by atoms with Crippen molar-refractivity contribution in [2.24, 2.45) is 0 Å². The lowest BCUT2D eigenvalue weighted by molar-refractivity contribution is 0.415. The predicted molar refractivity (Wildman–Crippen MR) is 69.5 cm³/mol. The molecule has 0 aliphatic carbocycles. The average molecular weight is 230 g/mol. The van der Waals surface area contributed by atoms with Crippen molar-refractivity contribution < 1.29 is 9.13 Å². The Morgan fingerprint density at radius 3 is 1.94 bits per heavy atom. The van der Waals surface area contributed by atoms with Crippen molar-refractivity contribution in [3.8, 4) is 5.75 Å². The Balaban J connectivity index is 0.000000181. The molecule has 0 heterocycles. The van der Waals surface area contributed by atoms with Crippen LogP contribution in [0, 0.1) is 5.82 Å². The minimum Gasteiger partial charge on any atom is -0.497 e. The first kappa shape index (κ1) is 13.0. The molecule has 0 aliphatic heterocycles. The molecule has 2 rings (SSSR count). The molecule has 0 aromatic heterocycles. The van der Waals surface area contributed by atoms with Gasteiger partial charge in [-0.3, -0.25) is 0 Å². The van der Waals surface area contributed by atoms with Gasteiger partial charge < -0.3 is 4.74 Å². The average Bonchev–Trinajstić information content (AvgIpc) is 2.40. The van der Waals surface area contributed by atoms with Crippen LogP contribution in [0.4, 0.5) is 4.39 Å². The molecular weight excluding hydrogens is 215 g/mol. The van der Waals surface area contributed by atoms with Crippen LogP contribution in [0.1, 0.15) is 5.56 Å². The summed E-state index contributed by atoms with van der Waals surface area (Å²) >= 11 is 0. The Morgan fingerprint density at radius 2 is 1.59 bits per heavy atom. The molecule has 0 radical (unpaired) electrons. The summed E-state index contributed by atoms with van der Waals surface area (Å²) in [6, 6.07) is 15.7. The summed E-state index contributed by atoms with van der Waals surface area (Å²) < 4.78 is 16.9. The van der Waals surface area contributed by atoms with Crippen LogP contribution < -0.4 is 4.74 Å². The summed E-state index contributed by atoms with van der Waals surface area (Å²) in [6.07, 6.45) is 1.80. The largest absolute Gasteiger partial charge is 0.497 e. The zero-order valence-electron chi connectivity index (χ0n) is 9.77. The molecule has 0 saturated carbocycles. The van der Waals surface area contributed by atoms with E-state index in [1.54, 1.807) is 31.4 Å². The maximum Gasteiger partial charge on any atom is 0.123 e. The molecule has 0 spiro atoms. The zero-order chi connectivity index (χ0) is 12.5. The SMILES string of the molecule is C=Cc1ccc(OC)cc1.Fc1ccccc1. The van der Waals surface area contributed by atoms with E-state index in [4.69, 9.17) is 4.74 Å². The van der Waals surface area contributed by atoms with Crippen LogP contribution in [0.2, 0.25) is 0 Å². The zero-order valence-corrected chi connectivity index (χ0v) is 9.77. The molecule has 0 aliphatic rings. The second kappa shape index (κ2) is 7.23. The van der Waals surface area contributed by atoms with E-state index in [-0.39, 0.29) is 5.82 Å². The van der Waals surface area contributed by atoms with E-state index in [9.17, 15) is 4.39 Å². The van der Waals surface area contributed by atoms with E-state index < -0.39 is 0 Å². The first-order valence-corrected chi connectivity index (χ1v) is 5.23. The van der Waals surface area contributed by atoms with Gasteiger partial charge in [-0.15, -0.1) is 0 Å². The number of halogens is 1. The van der Waals surface area contributed by atoms with Gasteiger partial charge in [0.05, 0.1) is 7.11 Å². The van der Waals surface area contributed by atoms with Crippen molar-refractivity contribution in [3.63, 3.8) is 0 Å². The number of hydrogen-bond acceptors (Lipinski definition) is 1. The highest BCUT2D eigenvalue weighted by molar-refractivity contribution is 5.48. The Morgan fingerprint density at radius 1 is 1.00 bits per heavy atom. The van der Waals surface area contributed by atoms with Crippen molar-refractivity contribution >= 4 is 6.08 Å². The van der Waals surface area contributed by atoms with Crippen LogP contribution >= 0.6 is 0 Å². The smallest absolute Gasteiger partial charge is 0.123 e. The third-order valence-electron chi connectivity index (χ3n) is 2.08. The number of ether oxygens (including phenoxy) is 1. The van der Waals surface area contributed by atoms with Gasteiger partial charge in [0.1, 0.15) is 11.6 Å². The normalized spacial score (nSPS) is 8.82. The Labute approximate surface area is 101 Å². The Hall–Kier alpha value is -2.09.